The molecule has 0 N–H and O–H groups in total. The van der Waals surface area contributed by atoms with Crippen LogP contribution in [0.25, 0.3) is 0 Å². The van der Waals surface area contributed by atoms with Crippen molar-refractivity contribution in [2.45, 2.75) is 48.3 Å². The van der Waals surface area contributed by atoms with Crippen LogP contribution >= 0.6 is 0 Å². The number of carboxylic acid groups (broad SMARTS) is 1. The van der Waals surface area contributed by atoms with Crippen molar-refractivity contribution in [2.75, 3.05) is 0 Å². The number of nitrogens with zero attached hydrogens (tertiary/aromatic N) is 1. The topological polar surface area (TPSA) is 43.4 Å². The zero-order valence-corrected chi connectivity index (χ0v) is 15.6. The van der Waals surface area contributed by atoms with Gasteiger partial charge >= 0.3 is 77.8 Å². The van der Waals surface area contributed by atoms with Crippen LogP contribution in [0.4, 0.5) is 79.0 Å². The molecule has 0 heterocycles. The first kappa shape index (κ1) is 32.4. The Morgan fingerprint density at radius 1 is 0.516 bits per heavy atom. The first-order valence-electron chi connectivity index (χ1n) is 5.98. The Labute approximate surface area is 178 Å². The number of carboxylic acids is 1. The van der Waals surface area contributed by atoms with Crippen molar-refractivity contribution in [1.82, 2.24) is 4.90 Å². The van der Waals surface area contributed by atoms with E-state index in [2.05, 4.69) is 0 Å². The molecule has 0 aliphatic heterocycles. The average Bonchev–Trinajstić information content (AvgIpc) is 2.42. The van der Waals surface area contributed by atoms with Gasteiger partial charge in [-0.3, -0.25) is 0 Å². The van der Waals surface area contributed by atoms with Gasteiger partial charge in [0.1, 0.15) is 5.97 Å². The fourth-order valence-electron chi connectivity index (χ4n) is 1.41. The molecule has 31 heavy (non-hydrogen) atoms. The molecule has 0 fully saturated rings. The van der Waals surface area contributed by atoms with Gasteiger partial charge in [0.25, 0.3) is 0 Å². The molecular weight excluding hydrogens is 519 g/mol. The molecule has 0 saturated heterocycles. The minimum atomic E-state index is -8.74. The second-order valence-corrected chi connectivity index (χ2v) is 4.97. The van der Waals surface area contributed by atoms with Gasteiger partial charge in [-0.25, -0.2) is 0 Å². The molecule has 0 aromatic heterocycles. The summed E-state index contributed by atoms with van der Waals surface area (Å²) in [7, 11) is 0. The Bertz CT molecular complexity index is 628. The van der Waals surface area contributed by atoms with Gasteiger partial charge in [-0.05, 0) is 0 Å². The summed E-state index contributed by atoms with van der Waals surface area (Å²) in [6, 6.07) is -26.0. The second-order valence-electron chi connectivity index (χ2n) is 4.97. The van der Waals surface area contributed by atoms with E-state index >= 15 is 0 Å². The van der Waals surface area contributed by atoms with Gasteiger partial charge in [0.15, 0.2) is 0 Å². The van der Waals surface area contributed by atoms with Gasteiger partial charge < -0.3 is 9.90 Å². The molecule has 0 atom stereocenters. The summed E-state index contributed by atoms with van der Waals surface area (Å²) >= 11 is 0. The van der Waals surface area contributed by atoms with Crippen LogP contribution in [0.5, 0.6) is 0 Å². The molecule has 0 unspecified atom stereocenters. The number of alkyl halides is 18. The average molecular weight is 519 g/mol. The zero-order valence-electron chi connectivity index (χ0n) is 13.6. The van der Waals surface area contributed by atoms with Crippen LogP contribution in [0, 0.1) is 0 Å². The first-order chi connectivity index (χ1) is 12.6. The van der Waals surface area contributed by atoms with Gasteiger partial charge in [0.05, 0.1) is 0 Å². The Hall–Kier alpha value is -0.830. The molecule has 0 aliphatic carbocycles. The van der Waals surface area contributed by atoms with E-state index in [0.29, 0.717) is 0 Å². The molecule has 0 aromatic carbocycles. The Kier molecular flexibility index (Phi) is 8.54. The quantitative estimate of drug-likeness (QED) is 0.285. The van der Waals surface area contributed by atoms with E-state index in [-0.39, 0.29) is 29.6 Å². The third-order valence-electron chi connectivity index (χ3n) is 2.94. The summed E-state index contributed by atoms with van der Waals surface area (Å²) in [6.45, 7) is 0. The molecule has 0 aromatic rings. The molecular formula is C9F18NNaO2. The normalized spacial score (nSPS) is 15.7. The zero-order chi connectivity index (χ0) is 25.2. The largest absolute Gasteiger partial charge is 1.00 e. The standard InChI is InChI=1S/C9HF18NO2.Na/c10-2(11,1(29)30)7(22,23)28(8(24,25)3(12,13)5(16,17)18)9(26,27)4(14,15)6(19,20)21;/h(H,29,30);/q;+1/p-1. The Morgan fingerprint density at radius 2 is 0.742 bits per heavy atom. The first-order valence-corrected chi connectivity index (χ1v) is 5.98. The molecule has 0 radical (unpaired) electrons. The van der Waals surface area contributed by atoms with Crippen LogP contribution in [0.3, 0.4) is 0 Å². The summed E-state index contributed by atoms with van der Waals surface area (Å²) in [5.74, 6) is -29.5. The van der Waals surface area contributed by atoms with E-state index < -0.39 is 59.1 Å². The van der Waals surface area contributed by atoms with Crippen molar-refractivity contribution in [2.24, 2.45) is 0 Å². The van der Waals surface area contributed by atoms with Crippen LogP contribution in [-0.2, 0) is 4.79 Å². The molecule has 0 rings (SSSR count). The van der Waals surface area contributed by atoms with Crippen molar-refractivity contribution < 1.29 is 118 Å². The molecule has 0 spiro atoms. The number of carbonyl (C=O) groups is 1. The van der Waals surface area contributed by atoms with E-state index in [1.54, 1.807) is 0 Å². The van der Waals surface area contributed by atoms with E-state index in [0.717, 1.165) is 0 Å². The fraction of sp³-hybridized carbons (Fsp3) is 0.889. The van der Waals surface area contributed by atoms with Crippen LogP contribution < -0.4 is 34.7 Å². The molecule has 0 bridgehead atoms. The molecule has 0 aliphatic rings. The maximum absolute atomic E-state index is 13.3. The summed E-state index contributed by atoms with van der Waals surface area (Å²) in [6.07, 6.45) is -16.0. The smallest absolute Gasteiger partial charge is 0.544 e. The third kappa shape index (κ3) is 4.63. The third-order valence-corrected chi connectivity index (χ3v) is 2.94. The minimum Gasteiger partial charge on any atom is -0.544 e. The fourth-order valence-corrected chi connectivity index (χ4v) is 1.41. The number of carbonyl (C=O) groups excluding carboxylic acids is 1. The van der Waals surface area contributed by atoms with E-state index in [1.165, 1.54) is 0 Å². The van der Waals surface area contributed by atoms with Crippen molar-refractivity contribution in [1.29, 1.82) is 0 Å². The number of rotatable bonds is 7. The summed E-state index contributed by atoms with van der Waals surface area (Å²) in [5.41, 5.74) is 0. The predicted octanol–water partition coefficient (Wildman–Crippen LogP) is 0.851. The Balaban J connectivity index is 0. The molecule has 22 heteroatoms. The van der Waals surface area contributed by atoms with Crippen LogP contribution in [0.1, 0.15) is 0 Å². The summed E-state index contributed by atoms with van der Waals surface area (Å²) in [4.78, 5) is 4.68. The van der Waals surface area contributed by atoms with Crippen molar-refractivity contribution >= 4 is 5.97 Å². The van der Waals surface area contributed by atoms with Crippen LogP contribution in [0.2, 0.25) is 0 Å². The minimum absolute atomic E-state index is 0. The van der Waals surface area contributed by atoms with Gasteiger partial charge in [-0.2, -0.15) is 79.0 Å². The second kappa shape index (κ2) is 8.19. The maximum atomic E-state index is 13.3. The SMILES string of the molecule is O=C([O-])C(F)(F)C(F)(F)N(C(F)(F)C(F)(F)C(F)(F)F)C(F)(F)C(F)(F)C(F)(F)F.[Na+]. The maximum Gasteiger partial charge on any atom is 1.00 e. The molecule has 3 nitrogen and oxygen atoms in total. The van der Waals surface area contributed by atoms with E-state index in [1.807, 2.05) is 0 Å². The molecule has 0 amide bonds. The number of hydrogen-bond acceptors (Lipinski definition) is 3. The molecule has 180 valence electrons. The van der Waals surface area contributed by atoms with Crippen LogP contribution in [-0.4, -0.2) is 59.1 Å². The Morgan fingerprint density at radius 3 is 0.903 bits per heavy atom. The number of halogens is 18. The molecule has 0 saturated carbocycles. The van der Waals surface area contributed by atoms with Crippen LogP contribution in [0.15, 0.2) is 0 Å². The summed E-state index contributed by atoms with van der Waals surface area (Å²) in [5, 5.41) is 9.84. The number of aliphatic carboxylic acids is 1. The summed E-state index contributed by atoms with van der Waals surface area (Å²) < 4.78 is 229. The predicted molar refractivity (Wildman–Crippen MR) is 48.6 cm³/mol. The monoisotopic (exact) mass is 519 g/mol. The van der Waals surface area contributed by atoms with Gasteiger partial charge in [0.2, 0.25) is 0 Å². The van der Waals surface area contributed by atoms with Gasteiger partial charge in [0, 0.05) is 0 Å². The van der Waals surface area contributed by atoms with E-state index in [9.17, 15) is 88.9 Å². The van der Waals surface area contributed by atoms with Crippen molar-refractivity contribution in [3.63, 3.8) is 0 Å². The van der Waals surface area contributed by atoms with Gasteiger partial charge in [-0.1, -0.05) is 0 Å². The number of hydrogen-bond donors (Lipinski definition) is 0. The van der Waals surface area contributed by atoms with Crippen molar-refractivity contribution in [3.05, 3.63) is 0 Å². The van der Waals surface area contributed by atoms with E-state index in [4.69, 9.17) is 0 Å². The van der Waals surface area contributed by atoms with Crippen molar-refractivity contribution in [3.8, 4) is 0 Å². The van der Waals surface area contributed by atoms with Gasteiger partial charge in [-0.15, -0.1) is 4.90 Å².